The zero-order valence-electron chi connectivity index (χ0n) is 11.2. The van der Waals surface area contributed by atoms with Crippen LogP contribution in [-0.2, 0) is 0 Å². The average Bonchev–Trinajstić information content (AvgIpc) is 2.69. The monoisotopic (exact) mass is 320 g/mol. The van der Waals surface area contributed by atoms with Crippen LogP contribution in [0.25, 0.3) is 0 Å². The molecule has 0 atom stereocenters. The SMILES string of the molecule is CN1CCC(N(C)CC(=O)c2cc(Cl)sc2Cl)CC1. The second-order valence-corrected chi connectivity index (χ2v) is 7.40. The fraction of sp³-hybridized carbons (Fsp3) is 0.615. The molecule has 1 aromatic heterocycles. The van der Waals surface area contributed by atoms with Gasteiger partial charge in [-0.1, -0.05) is 23.2 Å². The third kappa shape index (κ3) is 3.92. The summed E-state index contributed by atoms with van der Waals surface area (Å²) < 4.78 is 1.06. The number of likely N-dealkylation sites (tertiary alicyclic amines) is 1. The minimum atomic E-state index is 0.0505. The Morgan fingerprint density at radius 3 is 2.63 bits per heavy atom. The van der Waals surface area contributed by atoms with Crippen LogP contribution in [0.4, 0.5) is 0 Å². The normalized spacial score (nSPS) is 18.2. The lowest BCUT2D eigenvalue weighted by atomic mass is 10.0. The van der Waals surface area contributed by atoms with Crippen LogP contribution in [0.5, 0.6) is 0 Å². The Hall–Kier alpha value is -0.130. The molecule has 1 aliphatic heterocycles. The van der Waals surface area contributed by atoms with E-state index in [1.54, 1.807) is 6.07 Å². The van der Waals surface area contributed by atoms with Gasteiger partial charge in [0.1, 0.15) is 4.34 Å². The van der Waals surface area contributed by atoms with Crippen LogP contribution in [0.2, 0.25) is 8.67 Å². The van der Waals surface area contributed by atoms with Gasteiger partial charge >= 0.3 is 0 Å². The summed E-state index contributed by atoms with van der Waals surface area (Å²) in [5.41, 5.74) is 0.552. The third-order valence-electron chi connectivity index (χ3n) is 3.66. The predicted octanol–water partition coefficient (Wildman–Crippen LogP) is 3.26. The maximum absolute atomic E-state index is 12.2. The lowest BCUT2D eigenvalue weighted by molar-refractivity contribution is 0.0872. The Kier molecular flexibility index (Phi) is 5.26. The molecule has 6 heteroatoms. The van der Waals surface area contributed by atoms with Crippen molar-refractivity contribution in [2.24, 2.45) is 0 Å². The molecular weight excluding hydrogens is 303 g/mol. The Morgan fingerprint density at radius 2 is 2.11 bits per heavy atom. The number of likely N-dealkylation sites (N-methyl/N-ethyl adjacent to an activating group) is 1. The zero-order valence-corrected chi connectivity index (χ0v) is 13.5. The molecule has 2 heterocycles. The largest absolute Gasteiger partial charge is 0.306 e. The molecule has 0 unspecified atom stereocenters. The predicted molar refractivity (Wildman–Crippen MR) is 81.8 cm³/mol. The molecule has 0 amide bonds. The van der Waals surface area contributed by atoms with E-state index in [0.717, 1.165) is 25.9 Å². The van der Waals surface area contributed by atoms with Crippen molar-refractivity contribution in [1.29, 1.82) is 0 Å². The van der Waals surface area contributed by atoms with Crippen LogP contribution < -0.4 is 0 Å². The van der Waals surface area contributed by atoms with Gasteiger partial charge in [-0.3, -0.25) is 9.69 Å². The van der Waals surface area contributed by atoms with Crippen molar-refractivity contribution in [1.82, 2.24) is 9.80 Å². The number of carbonyl (C=O) groups excluding carboxylic acids is 1. The van der Waals surface area contributed by atoms with E-state index in [9.17, 15) is 4.79 Å². The number of carbonyl (C=O) groups is 1. The minimum Gasteiger partial charge on any atom is -0.306 e. The van der Waals surface area contributed by atoms with E-state index in [0.29, 0.717) is 26.8 Å². The van der Waals surface area contributed by atoms with Gasteiger partial charge in [0, 0.05) is 6.04 Å². The van der Waals surface area contributed by atoms with Gasteiger partial charge in [-0.2, -0.15) is 0 Å². The first-order valence-electron chi connectivity index (χ1n) is 6.34. The van der Waals surface area contributed by atoms with E-state index in [1.807, 2.05) is 7.05 Å². The molecule has 0 aliphatic carbocycles. The molecule has 1 aromatic rings. The Bertz CT molecular complexity index is 455. The number of hydrogen-bond donors (Lipinski definition) is 0. The molecule has 0 spiro atoms. The number of ketones is 1. The van der Waals surface area contributed by atoms with Gasteiger partial charge < -0.3 is 4.90 Å². The molecule has 1 aliphatic rings. The van der Waals surface area contributed by atoms with E-state index < -0.39 is 0 Å². The first-order chi connectivity index (χ1) is 8.97. The summed E-state index contributed by atoms with van der Waals surface area (Å²) in [6.07, 6.45) is 2.22. The highest BCUT2D eigenvalue weighted by Gasteiger charge is 2.23. The van der Waals surface area contributed by atoms with Crippen molar-refractivity contribution < 1.29 is 4.79 Å². The second kappa shape index (κ2) is 6.55. The third-order valence-corrected chi connectivity index (χ3v) is 5.15. The van der Waals surface area contributed by atoms with Gasteiger partial charge in [0.15, 0.2) is 5.78 Å². The molecular formula is C13H18Cl2N2OS. The number of rotatable bonds is 4. The first kappa shape index (κ1) is 15.3. The van der Waals surface area contributed by atoms with E-state index in [2.05, 4.69) is 16.8 Å². The standard InChI is InChI=1S/C13H18Cl2N2OS/c1-16-5-3-9(4-6-16)17(2)8-11(18)10-7-12(14)19-13(10)15/h7,9H,3-6,8H2,1-2H3. The van der Waals surface area contributed by atoms with Crippen LogP contribution in [0.1, 0.15) is 23.2 Å². The summed E-state index contributed by atoms with van der Waals surface area (Å²) in [7, 11) is 4.14. The van der Waals surface area contributed by atoms with Crippen LogP contribution in [0.3, 0.4) is 0 Å². The lowest BCUT2D eigenvalue weighted by Gasteiger charge is -2.34. The Morgan fingerprint density at radius 1 is 1.47 bits per heavy atom. The molecule has 106 valence electrons. The molecule has 1 fully saturated rings. The fourth-order valence-electron chi connectivity index (χ4n) is 2.41. The van der Waals surface area contributed by atoms with Crippen molar-refractivity contribution in [2.45, 2.75) is 18.9 Å². The van der Waals surface area contributed by atoms with Gasteiger partial charge in [0.2, 0.25) is 0 Å². The summed E-state index contributed by atoms with van der Waals surface area (Å²) in [5.74, 6) is 0.0505. The molecule has 0 radical (unpaired) electrons. The van der Waals surface area contributed by atoms with E-state index in [4.69, 9.17) is 23.2 Å². The van der Waals surface area contributed by atoms with Crippen LogP contribution in [0, 0.1) is 0 Å². The lowest BCUT2D eigenvalue weighted by Crippen LogP contribution is -2.43. The topological polar surface area (TPSA) is 23.6 Å². The average molecular weight is 321 g/mol. The zero-order chi connectivity index (χ0) is 14.0. The molecule has 0 aromatic carbocycles. The molecule has 1 saturated heterocycles. The summed E-state index contributed by atoms with van der Waals surface area (Å²) in [5, 5.41) is 0. The first-order valence-corrected chi connectivity index (χ1v) is 7.91. The minimum absolute atomic E-state index is 0.0505. The van der Waals surface area contributed by atoms with Crippen molar-refractivity contribution in [3.05, 3.63) is 20.3 Å². The molecule has 0 saturated carbocycles. The number of Topliss-reactive ketones (excluding diaryl/α,β-unsaturated/α-hetero) is 1. The highest BCUT2D eigenvalue weighted by Crippen LogP contribution is 2.31. The van der Waals surface area contributed by atoms with E-state index >= 15 is 0 Å². The Balaban J connectivity index is 1.93. The number of piperidine rings is 1. The Labute approximate surface area is 128 Å². The summed E-state index contributed by atoms with van der Waals surface area (Å²) in [6.45, 7) is 2.59. The number of hydrogen-bond acceptors (Lipinski definition) is 4. The van der Waals surface area contributed by atoms with Gasteiger partial charge in [0.25, 0.3) is 0 Å². The summed E-state index contributed by atoms with van der Waals surface area (Å²) >= 11 is 13.1. The summed E-state index contributed by atoms with van der Waals surface area (Å²) in [4.78, 5) is 16.7. The van der Waals surface area contributed by atoms with Crippen LogP contribution in [0.15, 0.2) is 6.07 Å². The van der Waals surface area contributed by atoms with Gasteiger partial charge in [0.05, 0.1) is 16.4 Å². The molecule has 2 rings (SSSR count). The van der Waals surface area contributed by atoms with Crippen molar-refractivity contribution in [3.8, 4) is 0 Å². The smallest absolute Gasteiger partial charge is 0.179 e. The number of thiophene rings is 1. The fourth-order valence-corrected chi connectivity index (χ4v) is 3.91. The maximum Gasteiger partial charge on any atom is 0.179 e. The highest BCUT2D eigenvalue weighted by molar-refractivity contribution is 7.20. The van der Waals surface area contributed by atoms with Crippen LogP contribution in [-0.4, -0.2) is 55.4 Å². The van der Waals surface area contributed by atoms with Crippen molar-refractivity contribution in [2.75, 3.05) is 33.7 Å². The van der Waals surface area contributed by atoms with Crippen molar-refractivity contribution in [3.63, 3.8) is 0 Å². The van der Waals surface area contributed by atoms with Crippen molar-refractivity contribution >= 4 is 40.3 Å². The highest BCUT2D eigenvalue weighted by atomic mass is 35.5. The molecule has 0 bridgehead atoms. The quantitative estimate of drug-likeness (QED) is 0.795. The summed E-state index contributed by atoms with van der Waals surface area (Å²) in [6, 6.07) is 2.15. The molecule has 0 N–H and O–H groups in total. The number of nitrogens with zero attached hydrogens (tertiary/aromatic N) is 2. The molecule has 3 nitrogen and oxygen atoms in total. The van der Waals surface area contributed by atoms with E-state index in [-0.39, 0.29) is 5.78 Å². The second-order valence-electron chi connectivity index (χ2n) is 5.11. The maximum atomic E-state index is 12.2. The molecule has 19 heavy (non-hydrogen) atoms. The van der Waals surface area contributed by atoms with Gasteiger partial charge in [-0.15, -0.1) is 11.3 Å². The van der Waals surface area contributed by atoms with E-state index in [1.165, 1.54) is 11.3 Å². The van der Waals surface area contributed by atoms with Crippen LogP contribution >= 0.6 is 34.5 Å². The van der Waals surface area contributed by atoms with Gasteiger partial charge in [-0.25, -0.2) is 0 Å². The van der Waals surface area contributed by atoms with Gasteiger partial charge in [-0.05, 0) is 46.1 Å². The number of halogens is 2.